The van der Waals surface area contributed by atoms with Crippen LogP contribution in [0.3, 0.4) is 0 Å². The van der Waals surface area contributed by atoms with Crippen molar-refractivity contribution in [1.82, 2.24) is 9.55 Å². The highest BCUT2D eigenvalue weighted by Crippen LogP contribution is 2.26. The molecule has 0 bridgehead atoms. The Hall–Kier alpha value is -2.80. The number of nitrogens with zero attached hydrogens (tertiary/aromatic N) is 2. The first-order valence-corrected chi connectivity index (χ1v) is 11.5. The molecule has 0 aliphatic rings. The highest BCUT2D eigenvalue weighted by atomic mass is 35.5. The van der Waals surface area contributed by atoms with E-state index in [0.29, 0.717) is 37.5 Å². The SMILES string of the molecule is Cc1ccc(NC(=O)CSc2nc3ccccc3c(=O)n2-c2ccc(C)c(Cl)c2)c(Cl)c1. The van der Waals surface area contributed by atoms with Gasteiger partial charge in [0.05, 0.1) is 33.1 Å². The molecule has 0 aliphatic carbocycles. The van der Waals surface area contributed by atoms with Crippen LogP contribution in [-0.4, -0.2) is 21.2 Å². The summed E-state index contributed by atoms with van der Waals surface area (Å²) in [5.41, 5.74) is 3.38. The lowest BCUT2D eigenvalue weighted by atomic mass is 10.2. The number of halogens is 2. The summed E-state index contributed by atoms with van der Waals surface area (Å²) in [4.78, 5) is 30.5. The number of fused-ring (bicyclic) bond motifs is 1. The van der Waals surface area contributed by atoms with Crippen LogP contribution in [0, 0.1) is 13.8 Å². The predicted octanol–water partition coefficient (Wildman–Crippen LogP) is 6.04. The molecule has 8 heteroatoms. The summed E-state index contributed by atoms with van der Waals surface area (Å²) in [5, 5.41) is 4.72. The van der Waals surface area contributed by atoms with Crippen LogP contribution in [0.15, 0.2) is 70.6 Å². The van der Waals surface area contributed by atoms with Crippen LogP contribution in [0.5, 0.6) is 0 Å². The van der Waals surface area contributed by atoms with Crippen LogP contribution in [0.25, 0.3) is 16.6 Å². The zero-order chi connectivity index (χ0) is 22.8. The molecule has 0 atom stereocenters. The maximum atomic E-state index is 13.3. The number of nitrogens with one attached hydrogen (secondary N) is 1. The third-order valence-electron chi connectivity index (χ3n) is 4.89. The molecular weight excluding hydrogens is 465 g/mol. The lowest BCUT2D eigenvalue weighted by molar-refractivity contribution is -0.113. The molecule has 0 saturated heterocycles. The summed E-state index contributed by atoms with van der Waals surface area (Å²) in [6.07, 6.45) is 0. The largest absolute Gasteiger partial charge is 0.324 e. The van der Waals surface area contributed by atoms with E-state index in [-0.39, 0.29) is 17.2 Å². The van der Waals surface area contributed by atoms with Crippen LogP contribution in [0.1, 0.15) is 11.1 Å². The van der Waals surface area contributed by atoms with Crippen molar-refractivity contribution in [1.29, 1.82) is 0 Å². The van der Waals surface area contributed by atoms with Gasteiger partial charge in [-0.15, -0.1) is 0 Å². The number of carbonyl (C=O) groups is 1. The number of hydrogen-bond donors (Lipinski definition) is 1. The van der Waals surface area contributed by atoms with E-state index in [1.165, 1.54) is 16.3 Å². The number of aryl methyl sites for hydroxylation is 2. The first-order valence-electron chi connectivity index (χ1n) is 9.80. The number of benzene rings is 3. The minimum absolute atomic E-state index is 0.0502. The normalized spacial score (nSPS) is 11.0. The second kappa shape index (κ2) is 9.36. The van der Waals surface area contributed by atoms with E-state index in [9.17, 15) is 9.59 Å². The number of thioether (sulfide) groups is 1. The van der Waals surface area contributed by atoms with Crippen molar-refractivity contribution in [3.8, 4) is 5.69 Å². The molecule has 1 heterocycles. The van der Waals surface area contributed by atoms with Crippen molar-refractivity contribution < 1.29 is 4.79 Å². The van der Waals surface area contributed by atoms with Gasteiger partial charge in [-0.2, -0.15) is 0 Å². The number of anilines is 1. The maximum Gasteiger partial charge on any atom is 0.266 e. The van der Waals surface area contributed by atoms with Gasteiger partial charge in [-0.25, -0.2) is 4.98 Å². The molecule has 5 nitrogen and oxygen atoms in total. The first kappa shape index (κ1) is 22.4. The molecule has 1 amide bonds. The second-order valence-electron chi connectivity index (χ2n) is 7.31. The molecule has 0 aliphatic heterocycles. The molecular formula is C24H19Cl2N3O2S. The van der Waals surface area contributed by atoms with Crippen LogP contribution in [0.4, 0.5) is 5.69 Å². The summed E-state index contributed by atoms with van der Waals surface area (Å²) in [7, 11) is 0. The van der Waals surface area contributed by atoms with Crippen LogP contribution < -0.4 is 10.9 Å². The molecule has 32 heavy (non-hydrogen) atoms. The Morgan fingerprint density at radius 1 is 1.03 bits per heavy atom. The molecule has 162 valence electrons. The maximum absolute atomic E-state index is 13.3. The first-order chi connectivity index (χ1) is 15.3. The van der Waals surface area contributed by atoms with E-state index in [1.54, 1.807) is 36.4 Å². The monoisotopic (exact) mass is 483 g/mol. The molecule has 0 fully saturated rings. The van der Waals surface area contributed by atoms with Gasteiger partial charge in [0.25, 0.3) is 5.56 Å². The highest BCUT2D eigenvalue weighted by Gasteiger charge is 2.16. The van der Waals surface area contributed by atoms with Gasteiger partial charge in [0, 0.05) is 5.02 Å². The zero-order valence-electron chi connectivity index (χ0n) is 17.4. The fourth-order valence-corrected chi connectivity index (χ4v) is 4.47. The van der Waals surface area contributed by atoms with Crippen molar-refractivity contribution in [3.63, 3.8) is 0 Å². The van der Waals surface area contributed by atoms with E-state index < -0.39 is 0 Å². The van der Waals surface area contributed by atoms with E-state index in [1.807, 2.05) is 38.1 Å². The highest BCUT2D eigenvalue weighted by molar-refractivity contribution is 7.99. The molecule has 0 spiro atoms. The Morgan fingerprint density at radius 2 is 1.81 bits per heavy atom. The van der Waals surface area contributed by atoms with Gasteiger partial charge in [0.1, 0.15) is 0 Å². The number of aromatic nitrogens is 2. The van der Waals surface area contributed by atoms with Gasteiger partial charge >= 0.3 is 0 Å². The van der Waals surface area contributed by atoms with Crippen molar-refractivity contribution in [2.45, 2.75) is 19.0 Å². The van der Waals surface area contributed by atoms with Crippen LogP contribution >= 0.6 is 35.0 Å². The molecule has 4 rings (SSSR count). The Labute approximate surface area is 199 Å². The number of para-hydroxylation sites is 1. The van der Waals surface area contributed by atoms with Crippen molar-refractivity contribution >= 4 is 57.5 Å². The Balaban J connectivity index is 1.68. The standard InChI is InChI=1S/C24H19Cl2N3O2S/c1-14-7-10-21(19(26)11-14)27-22(30)13-32-24-28-20-6-4-3-5-17(20)23(31)29(24)16-9-8-15(2)18(25)12-16/h3-12H,13H2,1-2H3,(H,27,30). The average molecular weight is 484 g/mol. The van der Waals surface area contributed by atoms with Gasteiger partial charge in [0.2, 0.25) is 5.91 Å². The smallest absolute Gasteiger partial charge is 0.266 e. The van der Waals surface area contributed by atoms with E-state index >= 15 is 0 Å². The summed E-state index contributed by atoms with van der Waals surface area (Å²) in [6.45, 7) is 3.82. The zero-order valence-corrected chi connectivity index (χ0v) is 19.7. The number of rotatable bonds is 5. The Kier molecular flexibility index (Phi) is 6.55. The summed E-state index contributed by atoms with van der Waals surface area (Å²) in [5.74, 6) is -0.203. The van der Waals surface area contributed by atoms with Crippen LogP contribution in [0.2, 0.25) is 10.0 Å². The van der Waals surface area contributed by atoms with Crippen molar-refractivity contribution in [2.75, 3.05) is 11.1 Å². The van der Waals surface area contributed by atoms with Crippen LogP contribution in [-0.2, 0) is 4.79 Å². The van der Waals surface area contributed by atoms with Gasteiger partial charge in [-0.05, 0) is 61.4 Å². The summed E-state index contributed by atoms with van der Waals surface area (Å²) in [6, 6.07) is 17.9. The average Bonchev–Trinajstić information content (AvgIpc) is 2.76. The molecule has 0 saturated carbocycles. The van der Waals surface area contributed by atoms with Gasteiger partial charge in [-0.1, -0.05) is 59.2 Å². The lowest BCUT2D eigenvalue weighted by Crippen LogP contribution is -2.23. The van der Waals surface area contributed by atoms with E-state index in [2.05, 4.69) is 10.3 Å². The number of hydrogen-bond acceptors (Lipinski definition) is 4. The topological polar surface area (TPSA) is 64.0 Å². The van der Waals surface area contributed by atoms with Gasteiger partial charge in [-0.3, -0.25) is 14.2 Å². The van der Waals surface area contributed by atoms with Gasteiger partial charge in [0.15, 0.2) is 5.16 Å². The predicted molar refractivity (Wildman–Crippen MR) is 133 cm³/mol. The number of amides is 1. The molecule has 1 N–H and O–H groups in total. The third kappa shape index (κ3) is 4.67. The Morgan fingerprint density at radius 3 is 2.56 bits per heavy atom. The second-order valence-corrected chi connectivity index (χ2v) is 9.06. The molecule has 0 unspecified atom stereocenters. The molecule has 0 radical (unpaired) electrons. The Bertz CT molecular complexity index is 1400. The minimum atomic E-state index is -0.253. The van der Waals surface area contributed by atoms with Crippen molar-refractivity contribution in [3.05, 3.63) is 92.2 Å². The molecule has 3 aromatic carbocycles. The lowest BCUT2D eigenvalue weighted by Gasteiger charge is -2.14. The van der Waals surface area contributed by atoms with Gasteiger partial charge < -0.3 is 5.32 Å². The third-order valence-corrected chi connectivity index (χ3v) is 6.55. The summed E-state index contributed by atoms with van der Waals surface area (Å²) < 4.78 is 1.49. The fourth-order valence-electron chi connectivity index (χ4n) is 3.20. The fraction of sp³-hybridized carbons (Fsp3) is 0.125. The summed E-state index contributed by atoms with van der Waals surface area (Å²) >= 11 is 13.7. The minimum Gasteiger partial charge on any atom is -0.324 e. The molecule has 4 aromatic rings. The number of carbonyl (C=O) groups excluding carboxylic acids is 1. The van der Waals surface area contributed by atoms with E-state index in [4.69, 9.17) is 23.2 Å². The molecule has 1 aromatic heterocycles. The van der Waals surface area contributed by atoms with E-state index in [0.717, 1.165) is 11.1 Å². The quantitative estimate of drug-likeness (QED) is 0.277. The van der Waals surface area contributed by atoms with Crippen molar-refractivity contribution in [2.24, 2.45) is 0 Å².